The van der Waals surface area contributed by atoms with Crippen molar-refractivity contribution < 1.29 is 13.9 Å². The van der Waals surface area contributed by atoms with Crippen molar-refractivity contribution in [3.05, 3.63) is 17.7 Å². The Hall–Kier alpha value is -1.43. The molecule has 0 amide bonds. The van der Waals surface area contributed by atoms with Crippen LogP contribution in [-0.4, -0.2) is 23.2 Å². The molecule has 1 aromatic heterocycles. The summed E-state index contributed by atoms with van der Waals surface area (Å²) in [7, 11) is 0. The van der Waals surface area contributed by atoms with Crippen LogP contribution in [0.1, 0.15) is 19.8 Å². The molecule has 4 nitrogen and oxygen atoms in total. The first kappa shape index (κ1) is 13.6. The van der Waals surface area contributed by atoms with Crippen LogP contribution in [-0.2, 0) is 0 Å². The molecule has 1 rings (SSSR count). The lowest BCUT2D eigenvalue weighted by Crippen LogP contribution is -2.10. The Kier molecular flexibility index (Phi) is 5.09. The van der Waals surface area contributed by atoms with Crippen LogP contribution in [0.25, 0.3) is 0 Å². The average molecular weight is 245 g/mol. The number of nitrogens with one attached hydrogen (secondary N) is 1. The number of pyridine rings is 1. The normalized spacial score (nSPS) is 12.5. The van der Waals surface area contributed by atoms with E-state index in [1.807, 2.05) is 6.92 Å². The third kappa shape index (κ3) is 4.14. The van der Waals surface area contributed by atoms with E-state index >= 15 is 0 Å². The van der Waals surface area contributed by atoms with Gasteiger partial charge in [-0.2, -0.15) is 0 Å². The number of aromatic nitrogens is 1. The topological polar surface area (TPSA) is 71.2 Å². The number of nitrogens with two attached hydrogens (primary N) is 1. The fraction of sp³-hybridized carbons (Fsp3) is 0.545. The summed E-state index contributed by atoms with van der Waals surface area (Å²) < 4.78 is 26.0. The van der Waals surface area contributed by atoms with Gasteiger partial charge in [0.1, 0.15) is 0 Å². The Morgan fingerprint density at radius 2 is 2.18 bits per heavy atom. The minimum absolute atomic E-state index is 0.0412. The number of aliphatic hydroxyl groups is 1. The molecule has 1 unspecified atom stereocenters. The predicted molar refractivity (Wildman–Crippen MR) is 62.5 cm³/mol. The maximum Gasteiger partial charge on any atom is 0.168 e. The van der Waals surface area contributed by atoms with Crippen LogP contribution in [0.4, 0.5) is 20.4 Å². The Morgan fingerprint density at radius 3 is 2.82 bits per heavy atom. The van der Waals surface area contributed by atoms with Gasteiger partial charge in [0.05, 0.1) is 0 Å². The van der Waals surface area contributed by atoms with Crippen molar-refractivity contribution in [2.75, 3.05) is 24.2 Å². The zero-order valence-corrected chi connectivity index (χ0v) is 9.71. The number of anilines is 2. The maximum atomic E-state index is 13.2. The highest BCUT2D eigenvalue weighted by atomic mass is 19.1. The smallest absolute Gasteiger partial charge is 0.168 e. The molecule has 6 heteroatoms. The van der Waals surface area contributed by atoms with Crippen molar-refractivity contribution >= 4 is 11.6 Å². The molecule has 0 saturated heterocycles. The molecule has 1 heterocycles. The van der Waals surface area contributed by atoms with Gasteiger partial charge in [0.25, 0.3) is 0 Å². The summed E-state index contributed by atoms with van der Waals surface area (Å²) in [4.78, 5) is 3.58. The molecule has 0 radical (unpaired) electrons. The molecule has 1 atom stereocenters. The Balaban J connectivity index is 2.44. The van der Waals surface area contributed by atoms with Crippen LogP contribution >= 0.6 is 0 Å². The SMILES string of the molecule is CC(CO)CCCNc1nc(N)c(F)cc1F. The molecular weight excluding hydrogens is 228 g/mol. The highest BCUT2D eigenvalue weighted by Gasteiger charge is 2.09. The van der Waals surface area contributed by atoms with Gasteiger partial charge in [-0.1, -0.05) is 6.92 Å². The first-order valence-electron chi connectivity index (χ1n) is 5.50. The second-order valence-electron chi connectivity index (χ2n) is 4.04. The molecule has 17 heavy (non-hydrogen) atoms. The molecule has 4 N–H and O–H groups in total. The van der Waals surface area contributed by atoms with Gasteiger partial charge in [-0.25, -0.2) is 13.8 Å². The lowest BCUT2D eigenvalue weighted by Gasteiger charge is -2.10. The molecule has 0 fully saturated rings. The van der Waals surface area contributed by atoms with E-state index in [9.17, 15) is 8.78 Å². The van der Waals surface area contributed by atoms with Gasteiger partial charge in [0, 0.05) is 19.2 Å². The highest BCUT2D eigenvalue weighted by molar-refractivity contribution is 5.44. The van der Waals surface area contributed by atoms with E-state index in [0.717, 1.165) is 12.8 Å². The van der Waals surface area contributed by atoms with Gasteiger partial charge in [-0.05, 0) is 18.8 Å². The zero-order chi connectivity index (χ0) is 12.8. The van der Waals surface area contributed by atoms with E-state index in [0.29, 0.717) is 12.6 Å². The highest BCUT2D eigenvalue weighted by Crippen LogP contribution is 2.16. The van der Waals surface area contributed by atoms with Crippen LogP contribution in [0.5, 0.6) is 0 Å². The zero-order valence-electron chi connectivity index (χ0n) is 9.71. The molecule has 0 aromatic carbocycles. The van der Waals surface area contributed by atoms with E-state index in [2.05, 4.69) is 10.3 Å². The predicted octanol–water partition coefficient (Wildman–Crippen LogP) is 1.76. The number of hydrogen-bond donors (Lipinski definition) is 3. The van der Waals surface area contributed by atoms with Crippen molar-refractivity contribution in [3.8, 4) is 0 Å². The summed E-state index contributed by atoms with van der Waals surface area (Å²) in [5.41, 5.74) is 5.24. The van der Waals surface area contributed by atoms with Crippen LogP contribution in [0.3, 0.4) is 0 Å². The summed E-state index contributed by atoms with van der Waals surface area (Å²) in [6, 6.07) is 0.709. The molecular formula is C11H17F2N3O. The average Bonchev–Trinajstić information content (AvgIpc) is 2.30. The van der Waals surface area contributed by atoms with Crippen LogP contribution < -0.4 is 11.1 Å². The fourth-order valence-electron chi connectivity index (χ4n) is 1.35. The fourth-order valence-corrected chi connectivity index (χ4v) is 1.35. The van der Waals surface area contributed by atoms with Gasteiger partial charge in [-0.3, -0.25) is 0 Å². The summed E-state index contributed by atoms with van der Waals surface area (Å²) in [5, 5.41) is 11.6. The lowest BCUT2D eigenvalue weighted by atomic mass is 10.1. The van der Waals surface area contributed by atoms with Crippen LogP contribution in [0.2, 0.25) is 0 Å². The monoisotopic (exact) mass is 245 g/mol. The molecule has 0 aliphatic rings. The number of nitrogens with zero attached hydrogens (tertiary/aromatic N) is 1. The largest absolute Gasteiger partial charge is 0.396 e. The third-order valence-corrected chi connectivity index (χ3v) is 2.43. The van der Waals surface area contributed by atoms with Gasteiger partial charge < -0.3 is 16.2 Å². The van der Waals surface area contributed by atoms with Crippen molar-refractivity contribution in [3.63, 3.8) is 0 Å². The number of hydrogen-bond acceptors (Lipinski definition) is 4. The molecule has 0 aliphatic heterocycles. The first-order valence-corrected chi connectivity index (χ1v) is 5.50. The van der Waals surface area contributed by atoms with E-state index in [1.54, 1.807) is 0 Å². The minimum atomic E-state index is -0.859. The van der Waals surface area contributed by atoms with E-state index in [1.165, 1.54) is 0 Å². The summed E-state index contributed by atoms with van der Waals surface area (Å²) in [6.45, 7) is 2.56. The van der Waals surface area contributed by atoms with Gasteiger partial charge in [0.2, 0.25) is 0 Å². The Labute approximate surface area is 98.9 Å². The molecule has 1 aromatic rings. The maximum absolute atomic E-state index is 13.2. The molecule has 0 spiro atoms. The van der Waals surface area contributed by atoms with Gasteiger partial charge in [0.15, 0.2) is 23.3 Å². The minimum Gasteiger partial charge on any atom is -0.396 e. The summed E-state index contributed by atoms with van der Waals surface area (Å²) >= 11 is 0. The van der Waals surface area contributed by atoms with Crippen LogP contribution in [0, 0.1) is 17.6 Å². The standard InChI is InChI=1S/C11H17F2N3O/c1-7(6-17)3-2-4-15-11-9(13)5-8(12)10(14)16-11/h5,7,17H,2-4,6H2,1H3,(H3,14,15,16). The van der Waals surface area contributed by atoms with E-state index < -0.39 is 11.6 Å². The second-order valence-corrected chi connectivity index (χ2v) is 4.04. The molecule has 0 aliphatic carbocycles. The number of rotatable bonds is 6. The molecule has 96 valence electrons. The number of halogens is 2. The summed E-state index contributed by atoms with van der Waals surface area (Å²) in [5.74, 6) is -1.76. The van der Waals surface area contributed by atoms with Crippen molar-refractivity contribution in [1.82, 2.24) is 4.98 Å². The third-order valence-electron chi connectivity index (χ3n) is 2.43. The van der Waals surface area contributed by atoms with Crippen molar-refractivity contribution in [2.24, 2.45) is 5.92 Å². The molecule has 0 saturated carbocycles. The van der Waals surface area contributed by atoms with E-state index in [4.69, 9.17) is 10.8 Å². The number of aliphatic hydroxyl groups excluding tert-OH is 1. The second kappa shape index (κ2) is 6.34. The van der Waals surface area contributed by atoms with Crippen LogP contribution in [0.15, 0.2) is 6.07 Å². The summed E-state index contributed by atoms with van der Waals surface area (Å²) in [6.07, 6.45) is 1.59. The van der Waals surface area contributed by atoms with Gasteiger partial charge in [-0.15, -0.1) is 0 Å². The number of nitrogen functional groups attached to an aromatic ring is 1. The van der Waals surface area contributed by atoms with Crippen molar-refractivity contribution in [1.29, 1.82) is 0 Å². The van der Waals surface area contributed by atoms with Gasteiger partial charge >= 0.3 is 0 Å². The van der Waals surface area contributed by atoms with Crippen molar-refractivity contribution in [2.45, 2.75) is 19.8 Å². The quantitative estimate of drug-likeness (QED) is 0.668. The Bertz CT molecular complexity index is 374. The molecule has 0 bridgehead atoms. The first-order chi connectivity index (χ1) is 8.04. The van der Waals surface area contributed by atoms with E-state index in [-0.39, 0.29) is 24.2 Å². The Morgan fingerprint density at radius 1 is 1.47 bits per heavy atom. The lowest BCUT2D eigenvalue weighted by molar-refractivity contribution is 0.229.